The highest BCUT2D eigenvalue weighted by molar-refractivity contribution is 6.52. The Morgan fingerprint density at radius 1 is 0.808 bits per heavy atom. The summed E-state index contributed by atoms with van der Waals surface area (Å²) in [4.78, 5) is 17.0. The minimum atomic E-state index is -0.317. The summed E-state index contributed by atoms with van der Waals surface area (Å²) in [5, 5.41) is 29.3. The molecular formula is C21H19NO4. The molecule has 5 nitrogen and oxygen atoms in total. The molecule has 0 saturated heterocycles. The first-order chi connectivity index (χ1) is 12.4. The maximum absolute atomic E-state index is 12.6. The molecule has 26 heavy (non-hydrogen) atoms. The smallest absolute Gasteiger partial charge is 0.211 e. The molecule has 2 aromatic rings. The molecule has 0 heterocycles. The number of aliphatic hydroxyl groups is 1. The van der Waals surface area contributed by atoms with Crippen molar-refractivity contribution in [1.29, 1.82) is 0 Å². The Hall–Kier alpha value is -3.34. The van der Waals surface area contributed by atoms with Gasteiger partial charge in [0, 0.05) is 17.6 Å². The van der Waals surface area contributed by atoms with Gasteiger partial charge in [0.15, 0.2) is 0 Å². The Bertz CT molecular complexity index is 949. The standard InChI is InChI=1S/C21H19NO4/c1-12-18(11-14-3-7-16(23)8-4-14)20(25)13(2)21(26)19(12)22-15-5-9-17(24)10-6-15/h3-10,23-25H,11H2,1-2H3. The van der Waals surface area contributed by atoms with Gasteiger partial charge in [0.25, 0.3) is 0 Å². The molecule has 0 bridgehead atoms. The van der Waals surface area contributed by atoms with Crippen molar-refractivity contribution in [2.75, 3.05) is 0 Å². The van der Waals surface area contributed by atoms with Crippen LogP contribution in [-0.2, 0) is 11.2 Å². The third kappa shape index (κ3) is 3.37. The number of Topliss-reactive ketones (excluding diaryl/α,β-unsaturated/α-hetero) is 1. The second-order valence-corrected chi connectivity index (χ2v) is 6.23. The van der Waals surface area contributed by atoms with E-state index in [2.05, 4.69) is 4.99 Å². The molecule has 0 aliphatic heterocycles. The van der Waals surface area contributed by atoms with E-state index in [9.17, 15) is 20.1 Å². The molecule has 0 aromatic heterocycles. The lowest BCUT2D eigenvalue weighted by Gasteiger charge is -2.20. The van der Waals surface area contributed by atoms with Gasteiger partial charge in [0.05, 0.1) is 5.69 Å². The van der Waals surface area contributed by atoms with Gasteiger partial charge >= 0.3 is 0 Å². The number of nitrogens with zero attached hydrogens (tertiary/aromatic N) is 1. The summed E-state index contributed by atoms with van der Waals surface area (Å²) in [6.07, 6.45) is 0.414. The molecule has 3 rings (SSSR count). The summed E-state index contributed by atoms with van der Waals surface area (Å²) in [5.41, 5.74) is 3.21. The lowest BCUT2D eigenvalue weighted by molar-refractivity contribution is -0.109. The van der Waals surface area contributed by atoms with Crippen molar-refractivity contribution in [2.24, 2.45) is 4.99 Å². The molecule has 0 radical (unpaired) electrons. The minimum Gasteiger partial charge on any atom is -0.508 e. The summed E-state index contributed by atoms with van der Waals surface area (Å²) >= 11 is 0. The van der Waals surface area contributed by atoms with Crippen molar-refractivity contribution >= 4 is 17.2 Å². The van der Waals surface area contributed by atoms with E-state index >= 15 is 0 Å². The van der Waals surface area contributed by atoms with Gasteiger partial charge in [0.1, 0.15) is 23.0 Å². The molecule has 132 valence electrons. The van der Waals surface area contributed by atoms with Gasteiger partial charge < -0.3 is 15.3 Å². The van der Waals surface area contributed by atoms with Crippen LogP contribution in [0.5, 0.6) is 11.5 Å². The van der Waals surface area contributed by atoms with Gasteiger partial charge in [-0.3, -0.25) is 4.79 Å². The van der Waals surface area contributed by atoms with Gasteiger partial charge in [0.2, 0.25) is 5.78 Å². The van der Waals surface area contributed by atoms with E-state index in [0.29, 0.717) is 23.3 Å². The van der Waals surface area contributed by atoms with E-state index in [1.165, 1.54) is 12.1 Å². The normalized spacial score (nSPS) is 16.5. The number of ketones is 1. The van der Waals surface area contributed by atoms with E-state index in [-0.39, 0.29) is 34.3 Å². The molecule has 0 amide bonds. The number of allylic oxidation sites excluding steroid dienone is 3. The van der Waals surface area contributed by atoms with Crippen molar-refractivity contribution in [3.63, 3.8) is 0 Å². The summed E-state index contributed by atoms with van der Waals surface area (Å²) in [5.74, 6) is -0.0468. The van der Waals surface area contributed by atoms with Gasteiger partial charge in [-0.15, -0.1) is 0 Å². The van der Waals surface area contributed by atoms with Crippen LogP contribution in [-0.4, -0.2) is 26.8 Å². The van der Waals surface area contributed by atoms with Crippen molar-refractivity contribution < 1.29 is 20.1 Å². The van der Waals surface area contributed by atoms with Gasteiger partial charge in [-0.2, -0.15) is 0 Å². The number of carbonyl (C=O) groups excluding carboxylic acids is 1. The van der Waals surface area contributed by atoms with Crippen LogP contribution in [0.4, 0.5) is 5.69 Å². The number of aliphatic hydroxyl groups excluding tert-OH is 1. The molecule has 0 atom stereocenters. The first-order valence-corrected chi connectivity index (χ1v) is 8.17. The molecule has 0 unspecified atom stereocenters. The minimum absolute atomic E-state index is 0.0229. The van der Waals surface area contributed by atoms with E-state index in [4.69, 9.17) is 0 Å². The topological polar surface area (TPSA) is 90.1 Å². The highest BCUT2D eigenvalue weighted by atomic mass is 16.3. The lowest BCUT2D eigenvalue weighted by Crippen LogP contribution is -2.25. The number of hydrogen-bond acceptors (Lipinski definition) is 5. The predicted molar refractivity (Wildman–Crippen MR) is 100 cm³/mol. The molecule has 0 saturated carbocycles. The highest BCUT2D eigenvalue weighted by Crippen LogP contribution is 2.30. The third-order valence-corrected chi connectivity index (χ3v) is 4.41. The zero-order valence-corrected chi connectivity index (χ0v) is 14.5. The Labute approximate surface area is 151 Å². The number of phenols is 2. The first-order valence-electron chi connectivity index (χ1n) is 8.17. The zero-order valence-electron chi connectivity index (χ0n) is 14.5. The number of phenolic OH excluding ortho intramolecular Hbond substituents is 2. The number of aromatic hydroxyl groups is 2. The summed E-state index contributed by atoms with van der Waals surface area (Å²) in [7, 11) is 0. The average Bonchev–Trinajstić information content (AvgIpc) is 2.64. The van der Waals surface area contributed by atoms with Crippen molar-refractivity contribution in [3.8, 4) is 11.5 Å². The number of hydrogen-bond donors (Lipinski definition) is 3. The van der Waals surface area contributed by atoms with E-state index in [0.717, 1.165) is 5.56 Å². The van der Waals surface area contributed by atoms with Crippen LogP contribution >= 0.6 is 0 Å². The van der Waals surface area contributed by atoms with Crippen LogP contribution in [0, 0.1) is 0 Å². The van der Waals surface area contributed by atoms with Crippen LogP contribution in [0.1, 0.15) is 19.4 Å². The fourth-order valence-electron chi connectivity index (χ4n) is 2.83. The van der Waals surface area contributed by atoms with E-state index < -0.39 is 0 Å². The third-order valence-electron chi connectivity index (χ3n) is 4.41. The molecule has 2 aromatic carbocycles. The highest BCUT2D eigenvalue weighted by Gasteiger charge is 2.28. The number of carbonyl (C=O) groups is 1. The van der Waals surface area contributed by atoms with Crippen LogP contribution in [0.2, 0.25) is 0 Å². The predicted octanol–water partition coefficient (Wildman–Crippen LogP) is 4.14. The fraction of sp³-hybridized carbons (Fsp3) is 0.143. The second-order valence-electron chi connectivity index (χ2n) is 6.23. The Balaban J connectivity index is 2.05. The summed E-state index contributed by atoms with van der Waals surface area (Å²) < 4.78 is 0. The molecule has 1 aliphatic rings. The van der Waals surface area contributed by atoms with E-state index in [1.807, 2.05) is 0 Å². The summed E-state index contributed by atoms with van der Waals surface area (Å²) in [6.45, 7) is 3.34. The first kappa shape index (κ1) is 17.5. The van der Waals surface area contributed by atoms with Crippen molar-refractivity contribution in [3.05, 3.63) is 76.6 Å². The fourth-order valence-corrected chi connectivity index (χ4v) is 2.83. The maximum Gasteiger partial charge on any atom is 0.211 e. The largest absolute Gasteiger partial charge is 0.508 e. The maximum atomic E-state index is 12.6. The van der Waals surface area contributed by atoms with Gasteiger partial charge in [-0.1, -0.05) is 12.1 Å². The van der Waals surface area contributed by atoms with Crippen molar-refractivity contribution in [1.82, 2.24) is 0 Å². The molecule has 1 aliphatic carbocycles. The van der Waals surface area contributed by atoms with Crippen LogP contribution in [0.3, 0.4) is 0 Å². The van der Waals surface area contributed by atoms with Crippen LogP contribution in [0.15, 0.2) is 76.0 Å². The Morgan fingerprint density at radius 3 is 1.92 bits per heavy atom. The monoisotopic (exact) mass is 349 g/mol. The Morgan fingerprint density at radius 2 is 1.35 bits per heavy atom. The Kier molecular flexibility index (Phi) is 4.63. The SMILES string of the molecule is CC1=C(O)C(Cc2ccc(O)cc2)=C(C)C(=Nc2ccc(O)cc2)C1=O. The second kappa shape index (κ2) is 6.88. The molecule has 5 heteroatoms. The van der Waals surface area contributed by atoms with E-state index in [1.54, 1.807) is 50.2 Å². The van der Waals surface area contributed by atoms with Crippen molar-refractivity contribution in [2.45, 2.75) is 20.3 Å². The summed E-state index contributed by atoms with van der Waals surface area (Å²) in [6, 6.07) is 13.0. The number of benzene rings is 2. The zero-order chi connectivity index (χ0) is 18.8. The number of rotatable bonds is 3. The molecule has 3 N–H and O–H groups in total. The van der Waals surface area contributed by atoms with Gasteiger partial charge in [-0.05, 0) is 61.4 Å². The molecule has 0 spiro atoms. The number of aliphatic imine (C=N–C) groups is 1. The molecular weight excluding hydrogens is 330 g/mol. The van der Waals surface area contributed by atoms with Crippen LogP contribution < -0.4 is 0 Å². The lowest BCUT2D eigenvalue weighted by atomic mass is 9.86. The van der Waals surface area contributed by atoms with Gasteiger partial charge in [-0.25, -0.2) is 4.99 Å². The quantitative estimate of drug-likeness (QED) is 0.726. The average molecular weight is 349 g/mol. The van der Waals surface area contributed by atoms with Crippen LogP contribution in [0.25, 0.3) is 0 Å². The molecule has 0 fully saturated rings.